The number of nitro benzene ring substituents is 2. The molecule has 0 fully saturated rings. The van der Waals surface area contributed by atoms with Crippen molar-refractivity contribution in [2.45, 2.75) is 26.2 Å². The van der Waals surface area contributed by atoms with E-state index >= 15 is 0 Å². The van der Waals surface area contributed by atoms with E-state index < -0.39 is 32.8 Å². The highest BCUT2D eigenvalue weighted by molar-refractivity contribution is 5.91. The van der Waals surface area contributed by atoms with E-state index in [9.17, 15) is 25.0 Å². The molecule has 0 heterocycles. The Morgan fingerprint density at radius 1 is 1.23 bits per heavy atom. The Morgan fingerprint density at radius 2 is 1.91 bits per heavy atom. The predicted octanol–water partition coefficient (Wildman–Crippen LogP) is 2.56. The predicted molar refractivity (Wildman–Crippen MR) is 76.1 cm³/mol. The minimum absolute atomic E-state index is 0.000342. The fourth-order valence-electron chi connectivity index (χ4n) is 1.89. The number of benzene rings is 1. The van der Waals surface area contributed by atoms with Crippen molar-refractivity contribution in [3.63, 3.8) is 0 Å². The van der Waals surface area contributed by atoms with Gasteiger partial charge < -0.3 is 9.84 Å². The molecule has 1 rings (SSSR count). The third kappa shape index (κ3) is 4.48. The standard InChI is InChI=1S/C13H16N2O7/c1-2-3-5-22-6-4-10-11(13(16)17)7-9(14(18)19)8-12(10)15(20)21/h7-8H,2-6H2,1H3,(H,16,17). The summed E-state index contributed by atoms with van der Waals surface area (Å²) in [7, 11) is 0. The molecule has 1 N–H and O–H groups in total. The maximum absolute atomic E-state index is 11.2. The Labute approximate surface area is 125 Å². The number of rotatable bonds is 9. The molecule has 0 aliphatic carbocycles. The molecule has 0 spiro atoms. The zero-order valence-corrected chi connectivity index (χ0v) is 12.0. The Kier molecular flexibility index (Phi) is 6.39. The average Bonchev–Trinajstić information content (AvgIpc) is 2.45. The van der Waals surface area contributed by atoms with Crippen molar-refractivity contribution >= 4 is 17.3 Å². The molecule has 0 saturated carbocycles. The molecule has 0 aliphatic rings. The van der Waals surface area contributed by atoms with Crippen LogP contribution in [0.15, 0.2) is 12.1 Å². The largest absolute Gasteiger partial charge is 0.478 e. The number of carbonyl (C=O) groups is 1. The molecule has 0 amide bonds. The summed E-state index contributed by atoms with van der Waals surface area (Å²) < 4.78 is 5.28. The second kappa shape index (κ2) is 8.03. The van der Waals surface area contributed by atoms with Gasteiger partial charge in [0.2, 0.25) is 0 Å². The summed E-state index contributed by atoms with van der Waals surface area (Å²) in [4.78, 5) is 31.4. The van der Waals surface area contributed by atoms with Gasteiger partial charge in [0.15, 0.2) is 0 Å². The summed E-state index contributed by atoms with van der Waals surface area (Å²) in [5.41, 5.74) is -1.72. The molecule has 22 heavy (non-hydrogen) atoms. The van der Waals surface area contributed by atoms with E-state index in [1.165, 1.54) is 0 Å². The van der Waals surface area contributed by atoms with Crippen LogP contribution in [-0.2, 0) is 11.2 Å². The Morgan fingerprint density at radius 3 is 2.41 bits per heavy atom. The summed E-state index contributed by atoms with van der Waals surface area (Å²) in [5, 5.41) is 30.9. The number of carboxylic acid groups (broad SMARTS) is 1. The number of nitro groups is 2. The summed E-state index contributed by atoms with van der Waals surface area (Å²) >= 11 is 0. The van der Waals surface area contributed by atoms with Crippen LogP contribution in [0.4, 0.5) is 11.4 Å². The molecule has 0 bridgehead atoms. The van der Waals surface area contributed by atoms with Gasteiger partial charge in [0.25, 0.3) is 11.4 Å². The number of non-ortho nitro benzene ring substituents is 1. The van der Waals surface area contributed by atoms with E-state index in [-0.39, 0.29) is 18.6 Å². The molecule has 120 valence electrons. The van der Waals surface area contributed by atoms with Crippen molar-refractivity contribution in [1.29, 1.82) is 0 Å². The van der Waals surface area contributed by atoms with Gasteiger partial charge in [0, 0.05) is 24.7 Å². The van der Waals surface area contributed by atoms with Crippen LogP contribution in [0.5, 0.6) is 0 Å². The van der Waals surface area contributed by atoms with Crippen molar-refractivity contribution in [3.8, 4) is 0 Å². The van der Waals surface area contributed by atoms with E-state index in [0.717, 1.165) is 25.0 Å². The zero-order chi connectivity index (χ0) is 16.7. The molecule has 0 aromatic heterocycles. The normalized spacial score (nSPS) is 10.4. The molecule has 1 aromatic rings. The van der Waals surface area contributed by atoms with Gasteiger partial charge in [-0.1, -0.05) is 13.3 Å². The number of carboxylic acids is 1. The maximum atomic E-state index is 11.2. The molecule has 0 saturated heterocycles. The van der Waals surface area contributed by atoms with Crippen molar-refractivity contribution in [2.75, 3.05) is 13.2 Å². The number of hydrogen-bond donors (Lipinski definition) is 1. The first-order valence-electron chi connectivity index (χ1n) is 6.65. The van der Waals surface area contributed by atoms with Gasteiger partial charge in [-0.2, -0.15) is 0 Å². The lowest BCUT2D eigenvalue weighted by Gasteiger charge is -2.08. The first-order valence-corrected chi connectivity index (χ1v) is 6.65. The van der Waals surface area contributed by atoms with Gasteiger partial charge in [0.05, 0.1) is 28.1 Å². The Hall–Kier alpha value is -2.55. The van der Waals surface area contributed by atoms with Crippen molar-refractivity contribution in [2.24, 2.45) is 0 Å². The highest BCUT2D eigenvalue weighted by Gasteiger charge is 2.26. The SMILES string of the molecule is CCCCOCCc1c(C(=O)O)cc([N+](=O)[O-])cc1[N+](=O)[O-]. The Balaban J connectivity index is 3.13. The van der Waals surface area contributed by atoms with E-state index in [4.69, 9.17) is 9.84 Å². The van der Waals surface area contributed by atoms with Gasteiger partial charge in [-0.15, -0.1) is 0 Å². The first-order chi connectivity index (χ1) is 10.4. The van der Waals surface area contributed by atoms with Gasteiger partial charge in [-0.25, -0.2) is 4.79 Å². The maximum Gasteiger partial charge on any atom is 0.336 e. The van der Waals surface area contributed by atoms with Crippen LogP contribution in [0.1, 0.15) is 35.7 Å². The van der Waals surface area contributed by atoms with Crippen LogP contribution in [0.25, 0.3) is 0 Å². The van der Waals surface area contributed by atoms with Crippen LogP contribution >= 0.6 is 0 Å². The lowest BCUT2D eigenvalue weighted by Crippen LogP contribution is -2.10. The first kappa shape index (κ1) is 17.5. The second-order valence-corrected chi connectivity index (χ2v) is 4.53. The fourth-order valence-corrected chi connectivity index (χ4v) is 1.89. The summed E-state index contributed by atoms with van der Waals surface area (Å²) in [6.45, 7) is 2.56. The lowest BCUT2D eigenvalue weighted by atomic mass is 10.0. The van der Waals surface area contributed by atoms with Crippen molar-refractivity contribution < 1.29 is 24.5 Å². The van der Waals surface area contributed by atoms with Crippen LogP contribution in [0, 0.1) is 20.2 Å². The minimum atomic E-state index is -1.45. The molecular weight excluding hydrogens is 296 g/mol. The molecule has 0 radical (unpaired) electrons. The van der Waals surface area contributed by atoms with Crippen molar-refractivity contribution in [3.05, 3.63) is 43.5 Å². The number of nitrogens with zero attached hydrogens (tertiary/aromatic N) is 2. The van der Waals surface area contributed by atoms with Crippen LogP contribution in [0.3, 0.4) is 0 Å². The molecule has 0 unspecified atom stereocenters. The monoisotopic (exact) mass is 312 g/mol. The number of hydrogen-bond acceptors (Lipinski definition) is 6. The Bertz CT molecular complexity index is 551. The fraction of sp³-hybridized carbons (Fsp3) is 0.462. The summed E-state index contributed by atoms with van der Waals surface area (Å²) in [5.74, 6) is -1.45. The van der Waals surface area contributed by atoms with E-state index in [0.29, 0.717) is 6.61 Å². The average molecular weight is 312 g/mol. The lowest BCUT2D eigenvalue weighted by molar-refractivity contribution is -0.394. The molecule has 9 nitrogen and oxygen atoms in total. The molecule has 0 aliphatic heterocycles. The second-order valence-electron chi connectivity index (χ2n) is 4.53. The van der Waals surface area contributed by atoms with E-state index in [1.807, 2.05) is 6.92 Å². The van der Waals surface area contributed by atoms with Gasteiger partial charge in [-0.05, 0) is 6.42 Å². The number of unbranched alkanes of at least 4 members (excludes halogenated alkanes) is 1. The summed E-state index contributed by atoms with van der Waals surface area (Å²) in [6.07, 6.45) is 1.76. The minimum Gasteiger partial charge on any atom is -0.478 e. The quantitative estimate of drug-likeness (QED) is 0.420. The van der Waals surface area contributed by atoms with Crippen LogP contribution in [0.2, 0.25) is 0 Å². The highest BCUT2D eigenvalue weighted by Crippen LogP contribution is 2.29. The number of ether oxygens (including phenoxy) is 1. The highest BCUT2D eigenvalue weighted by atomic mass is 16.6. The van der Waals surface area contributed by atoms with Crippen LogP contribution in [-0.4, -0.2) is 34.1 Å². The summed E-state index contributed by atoms with van der Waals surface area (Å²) in [6, 6.07) is 1.60. The van der Waals surface area contributed by atoms with Gasteiger partial charge in [0.1, 0.15) is 0 Å². The molecule has 0 atom stereocenters. The third-order valence-electron chi connectivity index (χ3n) is 2.99. The third-order valence-corrected chi connectivity index (χ3v) is 2.99. The smallest absolute Gasteiger partial charge is 0.336 e. The zero-order valence-electron chi connectivity index (χ0n) is 12.0. The van der Waals surface area contributed by atoms with Gasteiger partial charge in [-0.3, -0.25) is 20.2 Å². The van der Waals surface area contributed by atoms with Crippen LogP contribution < -0.4 is 0 Å². The van der Waals surface area contributed by atoms with E-state index in [1.54, 1.807) is 0 Å². The van der Waals surface area contributed by atoms with E-state index in [2.05, 4.69) is 0 Å². The molecule has 9 heteroatoms. The molecule has 1 aromatic carbocycles. The number of aromatic carboxylic acids is 1. The topological polar surface area (TPSA) is 133 Å². The van der Waals surface area contributed by atoms with Crippen molar-refractivity contribution in [1.82, 2.24) is 0 Å². The molecular formula is C13H16N2O7. The van der Waals surface area contributed by atoms with Gasteiger partial charge >= 0.3 is 5.97 Å².